The first-order valence-electron chi connectivity index (χ1n) is 6.83. The summed E-state index contributed by atoms with van der Waals surface area (Å²) in [7, 11) is 2.22. The predicted octanol–water partition coefficient (Wildman–Crippen LogP) is 4.00. The van der Waals surface area contributed by atoms with Crippen molar-refractivity contribution in [3.63, 3.8) is 0 Å². The highest BCUT2D eigenvalue weighted by atomic mass is 15.1. The van der Waals surface area contributed by atoms with Gasteiger partial charge < -0.3 is 4.90 Å². The number of benzene rings is 1. The monoisotopic (exact) mass is 233 g/mol. The Morgan fingerprint density at radius 2 is 1.76 bits per heavy atom. The number of hydrogen-bond acceptors (Lipinski definition) is 1. The lowest BCUT2D eigenvalue weighted by molar-refractivity contribution is 0.239. The Hall–Kier alpha value is -0.820. The quantitative estimate of drug-likeness (QED) is 0.717. The second-order valence-electron chi connectivity index (χ2n) is 5.19. The highest BCUT2D eigenvalue weighted by Crippen LogP contribution is 2.32. The van der Waals surface area contributed by atoms with Crippen LogP contribution in [0, 0.1) is 6.92 Å². The van der Waals surface area contributed by atoms with E-state index >= 15 is 0 Å². The SMILES string of the molecule is CCN(C)CC(CC)(CC)c1cccc(C)c1. The molecule has 0 spiro atoms. The Bertz CT molecular complexity index is 339. The molecule has 1 heteroatoms. The fourth-order valence-corrected chi connectivity index (χ4v) is 2.58. The highest BCUT2D eigenvalue weighted by molar-refractivity contribution is 5.30. The molecule has 0 fully saturated rings. The van der Waals surface area contributed by atoms with E-state index in [4.69, 9.17) is 0 Å². The van der Waals surface area contributed by atoms with E-state index in [1.54, 1.807) is 0 Å². The van der Waals surface area contributed by atoms with Gasteiger partial charge in [-0.3, -0.25) is 0 Å². The molecule has 0 aliphatic carbocycles. The van der Waals surface area contributed by atoms with Gasteiger partial charge in [0, 0.05) is 12.0 Å². The zero-order chi connectivity index (χ0) is 12.9. The third kappa shape index (κ3) is 3.32. The zero-order valence-electron chi connectivity index (χ0n) is 12.1. The molecule has 96 valence electrons. The largest absolute Gasteiger partial charge is 0.306 e. The van der Waals surface area contributed by atoms with Crippen LogP contribution in [0.1, 0.15) is 44.7 Å². The zero-order valence-corrected chi connectivity index (χ0v) is 12.1. The van der Waals surface area contributed by atoms with Gasteiger partial charge in [-0.15, -0.1) is 0 Å². The van der Waals surface area contributed by atoms with E-state index in [-0.39, 0.29) is 0 Å². The molecule has 1 aromatic carbocycles. The van der Waals surface area contributed by atoms with E-state index in [0.717, 1.165) is 13.1 Å². The minimum atomic E-state index is 0.316. The number of nitrogens with zero attached hydrogens (tertiary/aromatic N) is 1. The topological polar surface area (TPSA) is 3.24 Å². The van der Waals surface area contributed by atoms with Gasteiger partial charge in [-0.25, -0.2) is 0 Å². The predicted molar refractivity (Wildman–Crippen MR) is 76.6 cm³/mol. The molecule has 0 N–H and O–H groups in total. The van der Waals surface area contributed by atoms with E-state index in [9.17, 15) is 0 Å². The van der Waals surface area contributed by atoms with E-state index in [1.165, 1.54) is 24.0 Å². The maximum absolute atomic E-state index is 2.43. The van der Waals surface area contributed by atoms with Crippen molar-refractivity contribution >= 4 is 0 Å². The molecular formula is C16H27N. The molecule has 17 heavy (non-hydrogen) atoms. The van der Waals surface area contributed by atoms with Crippen LogP contribution in [0.5, 0.6) is 0 Å². The van der Waals surface area contributed by atoms with Gasteiger partial charge in [-0.2, -0.15) is 0 Å². The molecule has 0 aliphatic rings. The molecule has 0 atom stereocenters. The van der Waals surface area contributed by atoms with Crippen molar-refractivity contribution in [3.8, 4) is 0 Å². The third-order valence-corrected chi connectivity index (χ3v) is 4.10. The first kappa shape index (κ1) is 14.2. The lowest BCUT2D eigenvalue weighted by atomic mass is 9.75. The van der Waals surface area contributed by atoms with Crippen LogP contribution in [0.15, 0.2) is 24.3 Å². The summed E-state index contributed by atoms with van der Waals surface area (Å²) < 4.78 is 0. The van der Waals surface area contributed by atoms with Crippen molar-refractivity contribution in [1.82, 2.24) is 4.90 Å². The summed E-state index contributed by atoms with van der Waals surface area (Å²) in [6.45, 7) is 11.3. The molecule has 0 bridgehead atoms. The number of hydrogen-bond donors (Lipinski definition) is 0. The van der Waals surface area contributed by atoms with Gasteiger partial charge >= 0.3 is 0 Å². The summed E-state index contributed by atoms with van der Waals surface area (Å²) >= 11 is 0. The van der Waals surface area contributed by atoms with E-state index in [0.29, 0.717) is 5.41 Å². The molecule has 1 aromatic rings. The fraction of sp³-hybridized carbons (Fsp3) is 0.625. The van der Waals surface area contributed by atoms with Crippen molar-refractivity contribution in [2.75, 3.05) is 20.1 Å². The van der Waals surface area contributed by atoms with Gasteiger partial charge in [-0.1, -0.05) is 50.6 Å². The normalized spacial score (nSPS) is 12.1. The van der Waals surface area contributed by atoms with Crippen LogP contribution in [0.4, 0.5) is 0 Å². The van der Waals surface area contributed by atoms with Crippen molar-refractivity contribution in [3.05, 3.63) is 35.4 Å². The standard InChI is InChI=1S/C16H27N/c1-6-16(7-2,13-17(5)8-3)15-11-9-10-14(4)12-15/h9-12H,6-8,13H2,1-5H3. The molecule has 1 nitrogen and oxygen atoms in total. The van der Waals surface area contributed by atoms with Crippen LogP contribution < -0.4 is 0 Å². The fourth-order valence-electron chi connectivity index (χ4n) is 2.58. The van der Waals surface area contributed by atoms with Crippen molar-refractivity contribution in [2.24, 2.45) is 0 Å². The van der Waals surface area contributed by atoms with Crippen LogP contribution in [-0.2, 0) is 5.41 Å². The van der Waals surface area contributed by atoms with Crippen LogP contribution in [0.25, 0.3) is 0 Å². The van der Waals surface area contributed by atoms with Crippen molar-refractivity contribution < 1.29 is 0 Å². The van der Waals surface area contributed by atoms with Gasteiger partial charge in [0.15, 0.2) is 0 Å². The van der Waals surface area contributed by atoms with E-state index in [2.05, 4.69) is 63.9 Å². The second-order valence-corrected chi connectivity index (χ2v) is 5.19. The molecule has 0 radical (unpaired) electrons. The smallest absolute Gasteiger partial charge is 0.00752 e. The Morgan fingerprint density at radius 1 is 1.12 bits per heavy atom. The van der Waals surface area contributed by atoms with Gasteiger partial charge in [0.05, 0.1) is 0 Å². The molecule has 0 unspecified atom stereocenters. The van der Waals surface area contributed by atoms with Crippen LogP contribution in [0.3, 0.4) is 0 Å². The molecule has 0 saturated carbocycles. The second kappa shape index (κ2) is 6.20. The van der Waals surface area contributed by atoms with E-state index < -0.39 is 0 Å². The maximum Gasteiger partial charge on any atom is 0.00752 e. The first-order valence-corrected chi connectivity index (χ1v) is 6.83. The molecule has 0 saturated heterocycles. The lowest BCUT2D eigenvalue weighted by Gasteiger charge is -2.36. The van der Waals surface area contributed by atoms with Crippen LogP contribution in [0.2, 0.25) is 0 Å². The van der Waals surface area contributed by atoms with Crippen LogP contribution >= 0.6 is 0 Å². The minimum absolute atomic E-state index is 0.316. The molecule has 0 aromatic heterocycles. The van der Waals surface area contributed by atoms with Crippen LogP contribution in [-0.4, -0.2) is 25.0 Å². The van der Waals surface area contributed by atoms with Crippen molar-refractivity contribution in [2.45, 2.75) is 46.0 Å². The average Bonchev–Trinajstić information content (AvgIpc) is 2.35. The maximum atomic E-state index is 2.43. The average molecular weight is 233 g/mol. The van der Waals surface area contributed by atoms with Gasteiger partial charge in [-0.05, 0) is 38.9 Å². The van der Waals surface area contributed by atoms with Crippen molar-refractivity contribution in [1.29, 1.82) is 0 Å². The van der Waals surface area contributed by atoms with Gasteiger partial charge in [0.25, 0.3) is 0 Å². The van der Waals surface area contributed by atoms with Gasteiger partial charge in [0.2, 0.25) is 0 Å². The highest BCUT2D eigenvalue weighted by Gasteiger charge is 2.29. The Kier molecular flexibility index (Phi) is 5.20. The van der Waals surface area contributed by atoms with Gasteiger partial charge in [0.1, 0.15) is 0 Å². The molecule has 1 rings (SSSR count). The molecule has 0 aliphatic heterocycles. The number of aryl methyl sites for hydroxylation is 1. The number of rotatable bonds is 6. The molecular weight excluding hydrogens is 206 g/mol. The van der Waals surface area contributed by atoms with E-state index in [1.807, 2.05) is 0 Å². The Labute approximate surface area is 107 Å². The first-order chi connectivity index (χ1) is 8.07. The summed E-state index contributed by atoms with van der Waals surface area (Å²) in [4.78, 5) is 2.43. The summed E-state index contributed by atoms with van der Waals surface area (Å²) in [5.74, 6) is 0. The lowest BCUT2D eigenvalue weighted by Crippen LogP contribution is -2.38. The molecule has 0 amide bonds. The third-order valence-electron chi connectivity index (χ3n) is 4.10. The molecule has 0 heterocycles. The summed E-state index contributed by atoms with van der Waals surface area (Å²) in [5, 5.41) is 0. The minimum Gasteiger partial charge on any atom is -0.306 e. The summed E-state index contributed by atoms with van der Waals surface area (Å²) in [6, 6.07) is 9.03. The Balaban J connectivity index is 3.06. The Morgan fingerprint density at radius 3 is 2.24 bits per heavy atom. The summed E-state index contributed by atoms with van der Waals surface area (Å²) in [5.41, 5.74) is 3.19. The summed E-state index contributed by atoms with van der Waals surface area (Å²) in [6.07, 6.45) is 2.41. The number of likely N-dealkylation sites (N-methyl/N-ethyl adjacent to an activating group) is 1.